The molecule has 142 valence electrons. The van der Waals surface area contributed by atoms with Crippen LogP contribution in [0.4, 0.5) is 13.2 Å². The second-order valence-electron chi connectivity index (χ2n) is 5.90. The lowest BCUT2D eigenvalue weighted by atomic mass is 9.90. The number of hydrogen-bond acceptors (Lipinski definition) is 3. The predicted molar refractivity (Wildman–Crippen MR) is 104 cm³/mol. The van der Waals surface area contributed by atoms with E-state index < -0.39 is 17.5 Å². The van der Waals surface area contributed by atoms with Gasteiger partial charge in [0.1, 0.15) is 23.5 Å². The SMILES string of the molecule is COc1c(F)c(-c2ccc(F)cc2)c(-c2ccc(F)cc2)c2cncnc12.Cl. The summed E-state index contributed by atoms with van der Waals surface area (Å²) in [5.74, 6) is -1.50. The van der Waals surface area contributed by atoms with Crippen molar-refractivity contribution < 1.29 is 17.9 Å². The Hall–Kier alpha value is -3.12. The van der Waals surface area contributed by atoms with Crippen molar-refractivity contribution in [2.24, 2.45) is 0 Å². The zero-order valence-electron chi connectivity index (χ0n) is 14.6. The molecular weight excluding hydrogens is 389 g/mol. The number of aromatic nitrogens is 2. The third kappa shape index (κ3) is 3.27. The Labute approximate surface area is 165 Å². The van der Waals surface area contributed by atoms with E-state index in [1.54, 1.807) is 18.3 Å². The van der Waals surface area contributed by atoms with Gasteiger partial charge in [-0.1, -0.05) is 24.3 Å². The fraction of sp³-hybridized carbons (Fsp3) is 0.0476. The van der Waals surface area contributed by atoms with Gasteiger partial charge in [-0.2, -0.15) is 0 Å². The van der Waals surface area contributed by atoms with Crippen molar-refractivity contribution in [2.45, 2.75) is 0 Å². The minimum absolute atomic E-state index is 0. The van der Waals surface area contributed by atoms with E-state index in [9.17, 15) is 8.78 Å². The van der Waals surface area contributed by atoms with Gasteiger partial charge in [0.15, 0.2) is 11.6 Å². The molecule has 4 aromatic rings. The van der Waals surface area contributed by atoms with Crippen molar-refractivity contribution in [2.75, 3.05) is 7.11 Å². The lowest BCUT2D eigenvalue weighted by Crippen LogP contribution is -2.00. The maximum absolute atomic E-state index is 15.5. The Kier molecular flexibility index (Phi) is 5.51. The summed E-state index contributed by atoms with van der Waals surface area (Å²) < 4.78 is 47.5. The molecule has 0 aliphatic rings. The van der Waals surface area contributed by atoms with E-state index >= 15 is 4.39 Å². The normalized spacial score (nSPS) is 10.6. The number of hydrogen-bond donors (Lipinski definition) is 0. The van der Waals surface area contributed by atoms with Gasteiger partial charge in [-0.05, 0) is 35.4 Å². The maximum atomic E-state index is 15.5. The van der Waals surface area contributed by atoms with Crippen molar-refractivity contribution in [3.8, 4) is 28.0 Å². The van der Waals surface area contributed by atoms with Gasteiger partial charge in [0.25, 0.3) is 0 Å². The topological polar surface area (TPSA) is 35.0 Å². The van der Waals surface area contributed by atoms with Crippen LogP contribution in [-0.4, -0.2) is 17.1 Å². The van der Waals surface area contributed by atoms with Crippen LogP contribution in [-0.2, 0) is 0 Å². The first-order valence-corrected chi connectivity index (χ1v) is 8.11. The van der Waals surface area contributed by atoms with Crippen LogP contribution in [0.1, 0.15) is 0 Å². The number of ether oxygens (including phenoxy) is 1. The van der Waals surface area contributed by atoms with Crippen LogP contribution >= 0.6 is 12.4 Å². The smallest absolute Gasteiger partial charge is 0.181 e. The number of rotatable bonds is 3. The highest BCUT2D eigenvalue weighted by atomic mass is 35.5. The summed E-state index contributed by atoms with van der Waals surface area (Å²) in [7, 11) is 1.35. The Morgan fingerprint density at radius 1 is 0.786 bits per heavy atom. The summed E-state index contributed by atoms with van der Waals surface area (Å²) in [6, 6.07) is 11.2. The third-order valence-electron chi connectivity index (χ3n) is 4.34. The Morgan fingerprint density at radius 3 is 1.86 bits per heavy atom. The molecule has 0 fully saturated rings. The molecule has 7 heteroatoms. The van der Waals surface area contributed by atoms with E-state index in [2.05, 4.69) is 9.97 Å². The Balaban J connectivity index is 0.00000225. The summed E-state index contributed by atoms with van der Waals surface area (Å²) in [5, 5.41) is 0.543. The summed E-state index contributed by atoms with van der Waals surface area (Å²) in [6.45, 7) is 0. The van der Waals surface area contributed by atoms with Gasteiger partial charge in [0.05, 0.1) is 7.11 Å². The zero-order chi connectivity index (χ0) is 19.0. The van der Waals surface area contributed by atoms with Gasteiger partial charge in [-0.3, -0.25) is 0 Å². The van der Waals surface area contributed by atoms with Crippen LogP contribution in [0.5, 0.6) is 5.75 Å². The largest absolute Gasteiger partial charge is 0.491 e. The average Bonchev–Trinajstić information content (AvgIpc) is 2.69. The molecule has 0 atom stereocenters. The highest BCUT2D eigenvalue weighted by Gasteiger charge is 2.23. The van der Waals surface area contributed by atoms with Crippen molar-refractivity contribution in [1.82, 2.24) is 9.97 Å². The molecule has 28 heavy (non-hydrogen) atoms. The molecule has 1 aromatic heterocycles. The number of halogens is 4. The molecule has 0 saturated heterocycles. The minimum Gasteiger partial charge on any atom is -0.491 e. The van der Waals surface area contributed by atoms with Gasteiger partial charge in [-0.15, -0.1) is 12.4 Å². The first kappa shape index (κ1) is 19.6. The van der Waals surface area contributed by atoms with Crippen molar-refractivity contribution in [3.05, 3.63) is 78.5 Å². The fourth-order valence-electron chi connectivity index (χ4n) is 3.15. The van der Waals surface area contributed by atoms with Crippen molar-refractivity contribution in [1.29, 1.82) is 0 Å². The first-order valence-electron chi connectivity index (χ1n) is 8.11. The summed E-state index contributed by atoms with van der Waals surface area (Å²) in [4.78, 5) is 8.20. The first-order chi connectivity index (χ1) is 13.1. The van der Waals surface area contributed by atoms with Gasteiger partial charge in [-0.25, -0.2) is 23.1 Å². The quantitative estimate of drug-likeness (QED) is 0.433. The van der Waals surface area contributed by atoms with E-state index in [1.165, 1.54) is 49.8 Å². The van der Waals surface area contributed by atoms with E-state index in [4.69, 9.17) is 4.74 Å². The fourth-order valence-corrected chi connectivity index (χ4v) is 3.15. The third-order valence-corrected chi connectivity index (χ3v) is 4.34. The lowest BCUT2D eigenvalue weighted by Gasteiger charge is -2.17. The summed E-state index contributed by atoms with van der Waals surface area (Å²) in [6.07, 6.45) is 2.85. The van der Waals surface area contributed by atoms with E-state index in [0.717, 1.165) is 0 Å². The van der Waals surface area contributed by atoms with Crippen LogP contribution in [0.3, 0.4) is 0 Å². The molecule has 0 saturated carbocycles. The summed E-state index contributed by atoms with van der Waals surface area (Å²) >= 11 is 0. The van der Waals surface area contributed by atoms with Crippen LogP contribution in [0.15, 0.2) is 61.1 Å². The van der Waals surface area contributed by atoms with Gasteiger partial charge >= 0.3 is 0 Å². The number of methoxy groups -OCH3 is 1. The molecule has 0 bridgehead atoms. The van der Waals surface area contributed by atoms with E-state index in [0.29, 0.717) is 27.6 Å². The van der Waals surface area contributed by atoms with Gasteiger partial charge in [0.2, 0.25) is 0 Å². The van der Waals surface area contributed by atoms with Crippen LogP contribution in [0, 0.1) is 17.5 Å². The summed E-state index contributed by atoms with van der Waals surface area (Å²) in [5.41, 5.74) is 2.03. The molecule has 1 heterocycles. The van der Waals surface area contributed by atoms with Crippen LogP contribution in [0.2, 0.25) is 0 Å². The van der Waals surface area contributed by atoms with Crippen LogP contribution < -0.4 is 4.74 Å². The molecule has 0 amide bonds. The molecule has 3 aromatic carbocycles. The van der Waals surface area contributed by atoms with Crippen molar-refractivity contribution in [3.63, 3.8) is 0 Å². The zero-order valence-corrected chi connectivity index (χ0v) is 15.4. The number of fused-ring (bicyclic) bond motifs is 1. The predicted octanol–water partition coefficient (Wildman–Crippen LogP) is 5.81. The molecule has 0 aliphatic heterocycles. The Bertz CT molecular complexity index is 1130. The monoisotopic (exact) mass is 402 g/mol. The van der Waals surface area contributed by atoms with Crippen LogP contribution in [0.25, 0.3) is 33.2 Å². The standard InChI is InChI=1S/C21H13F3N2O.ClH/c1-27-21-19(24)18(13-4-8-15(23)9-5-13)17(12-2-6-14(22)7-3-12)16-10-25-11-26-20(16)21;/h2-11H,1H3;1H. The molecule has 0 spiro atoms. The lowest BCUT2D eigenvalue weighted by molar-refractivity contribution is 0.392. The second kappa shape index (κ2) is 7.86. The molecule has 0 radical (unpaired) electrons. The number of nitrogens with zero attached hydrogens (tertiary/aromatic N) is 2. The molecule has 4 rings (SSSR count). The molecule has 0 unspecified atom stereocenters. The molecular formula is C21H14ClF3N2O. The second-order valence-corrected chi connectivity index (χ2v) is 5.90. The maximum Gasteiger partial charge on any atom is 0.181 e. The highest BCUT2D eigenvalue weighted by molar-refractivity contribution is 6.05. The Morgan fingerprint density at radius 2 is 1.32 bits per heavy atom. The highest BCUT2D eigenvalue weighted by Crippen LogP contribution is 2.44. The van der Waals surface area contributed by atoms with Gasteiger partial charge in [0, 0.05) is 22.7 Å². The van der Waals surface area contributed by atoms with Crippen molar-refractivity contribution >= 4 is 23.3 Å². The minimum atomic E-state index is -0.630. The molecule has 0 N–H and O–H groups in total. The van der Waals surface area contributed by atoms with E-state index in [-0.39, 0.29) is 23.7 Å². The average molecular weight is 403 g/mol. The van der Waals surface area contributed by atoms with Gasteiger partial charge < -0.3 is 4.74 Å². The van der Waals surface area contributed by atoms with E-state index in [1.807, 2.05) is 0 Å². The molecule has 3 nitrogen and oxygen atoms in total. The number of benzene rings is 3. The molecule has 0 aliphatic carbocycles.